The summed E-state index contributed by atoms with van der Waals surface area (Å²) in [5, 5.41) is 12.3. The predicted octanol–water partition coefficient (Wildman–Crippen LogP) is 1.72. The molecule has 3 unspecified atom stereocenters. The second-order valence-electron chi connectivity index (χ2n) is 9.32. The molecule has 3 amide bonds. The van der Waals surface area contributed by atoms with E-state index < -0.39 is 5.82 Å². The third-order valence-corrected chi connectivity index (χ3v) is 7.26. The normalized spacial score (nSPS) is 30.5. The lowest BCUT2D eigenvalue weighted by atomic mass is 9.60. The van der Waals surface area contributed by atoms with E-state index >= 15 is 0 Å². The lowest BCUT2D eigenvalue weighted by Crippen LogP contribution is -2.61. The number of amides is 3. The molecule has 4 fully saturated rings. The van der Waals surface area contributed by atoms with E-state index in [-0.39, 0.29) is 59.3 Å². The second-order valence-corrected chi connectivity index (χ2v) is 9.72. The van der Waals surface area contributed by atoms with Gasteiger partial charge in [-0.15, -0.1) is 0 Å². The number of rotatable bonds is 7. The molecule has 1 heterocycles. The number of ether oxygens (including phenoxy) is 1. The maximum Gasteiger partial charge on any atom is 0.258 e. The average Bonchev–Trinajstić information content (AvgIpc) is 2.73. The van der Waals surface area contributed by atoms with Crippen molar-refractivity contribution >= 4 is 29.3 Å². The van der Waals surface area contributed by atoms with Crippen LogP contribution in [0.2, 0.25) is 5.02 Å². The molecular weight excluding hydrogens is 451 g/mol. The van der Waals surface area contributed by atoms with E-state index in [1.807, 2.05) is 0 Å². The van der Waals surface area contributed by atoms with E-state index in [2.05, 4.69) is 21.3 Å². The van der Waals surface area contributed by atoms with Crippen molar-refractivity contribution in [2.75, 3.05) is 13.2 Å². The first-order valence-corrected chi connectivity index (χ1v) is 11.8. The van der Waals surface area contributed by atoms with Crippen LogP contribution >= 0.6 is 11.6 Å². The molecule has 3 aliphatic carbocycles. The molecule has 2 bridgehead atoms. The Labute approximate surface area is 197 Å². The summed E-state index contributed by atoms with van der Waals surface area (Å²) in [6.45, 7) is 1.79. The molecule has 3 saturated carbocycles. The summed E-state index contributed by atoms with van der Waals surface area (Å²) in [7, 11) is 0. The Morgan fingerprint density at radius 3 is 2.45 bits per heavy atom. The van der Waals surface area contributed by atoms with Gasteiger partial charge in [0.05, 0.1) is 17.1 Å². The van der Waals surface area contributed by atoms with Gasteiger partial charge in [-0.3, -0.25) is 19.7 Å². The van der Waals surface area contributed by atoms with Crippen molar-refractivity contribution in [3.8, 4) is 5.75 Å². The average molecular weight is 481 g/mol. The molecule has 4 aliphatic rings. The fourth-order valence-electron chi connectivity index (χ4n) is 5.09. The molecule has 1 aromatic rings. The summed E-state index contributed by atoms with van der Waals surface area (Å²) in [5.74, 6) is 0.0404. The van der Waals surface area contributed by atoms with E-state index in [0.29, 0.717) is 37.6 Å². The van der Waals surface area contributed by atoms with Crippen LogP contribution in [-0.4, -0.2) is 49.1 Å². The lowest BCUT2D eigenvalue weighted by molar-refractivity contribution is -0.129. The Kier molecular flexibility index (Phi) is 7.38. The van der Waals surface area contributed by atoms with Gasteiger partial charge in [0.15, 0.2) is 6.61 Å². The summed E-state index contributed by atoms with van der Waals surface area (Å²) >= 11 is 5.66. The zero-order valence-electron chi connectivity index (χ0n) is 18.5. The fraction of sp³-hybridized carbons (Fsp3) is 0.609. The van der Waals surface area contributed by atoms with Gasteiger partial charge in [0.2, 0.25) is 11.8 Å². The topological polar surface area (TPSA) is 109 Å². The van der Waals surface area contributed by atoms with Gasteiger partial charge in [-0.1, -0.05) is 11.6 Å². The number of carbonyl (C=O) groups excluding carboxylic acids is 3. The minimum absolute atomic E-state index is 0.00168. The number of piperidine rings is 1. The van der Waals surface area contributed by atoms with Crippen LogP contribution in [0.15, 0.2) is 18.2 Å². The monoisotopic (exact) mass is 480 g/mol. The molecule has 33 heavy (non-hydrogen) atoms. The Morgan fingerprint density at radius 1 is 1.09 bits per heavy atom. The van der Waals surface area contributed by atoms with Crippen molar-refractivity contribution in [3.05, 3.63) is 29.0 Å². The molecule has 1 aromatic carbocycles. The molecule has 180 valence electrons. The van der Waals surface area contributed by atoms with Crippen LogP contribution in [0.3, 0.4) is 0 Å². The van der Waals surface area contributed by atoms with Gasteiger partial charge in [-0.25, -0.2) is 4.39 Å². The number of fused-ring (bicyclic) bond motifs is 2. The third kappa shape index (κ3) is 5.95. The van der Waals surface area contributed by atoms with Gasteiger partial charge in [0.25, 0.3) is 5.91 Å². The highest BCUT2D eigenvalue weighted by atomic mass is 35.5. The molecule has 4 N–H and O–H groups in total. The Balaban J connectivity index is 1.22. The molecule has 4 atom stereocenters. The number of halogens is 2. The first-order valence-electron chi connectivity index (χ1n) is 11.5. The minimum atomic E-state index is -0.597. The molecule has 1 saturated heterocycles. The van der Waals surface area contributed by atoms with Gasteiger partial charge in [0.1, 0.15) is 11.6 Å². The number of nitrogens with one attached hydrogen (secondary N) is 4. The van der Waals surface area contributed by atoms with Crippen LogP contribution in [0.4, 0.5) is 4.39 Å². The molecule has 5 rings (SSSR count). The Hall–Kier alpha value is -2.39. The standard InChI is InChI=1S/C23H30ClFN4O4/c1-12(30)27-21-5-2-13(10-26-21)23(32)29-20-9-19(14-6-15(20)7-14)28-22(31)11-33-16-3-4-17(24)18(25)8-16/h3-4,8,13-15,19-21,26H,2,5-7,9-11H2,1H3,(H,27,30)(H,28,31)(H,29,32)/t13?,14?,15?,19-,20?,21?/m0/s1. The van der Waals surface area contributed by atoms with E-state index in [1.165, 1.54) is 19.1 Å². The maximum atomic E-state index is 13.5. The smallest absolute Gasteiger partial charge is 0.258 e. The maximum absolute atomic E-state index is 13.5. The van der Waals surface area contributed by atoms with Crippen LogP contribution in [0.5, 0.6) is 5.75 Å². The van der Waals surface area contributed by atoms with Crippen molar-refractivity contribution in [1.82, 2.24) is 21.3 Å². The summed E-state index contributed by atoms with van der Waals surface area (Å²) in [6, 6.07) is 4.06. The van der Waals surface area contributed by atoms with Crippen molar-refractivity contribution in [2.45, 2.75) is 57.3 Å². The number of benzene rings is 1. The van der Waals surface area contributed by atoms with Crippen molar-refractivity contribution in [3.63, 3.8) is 0 Å². The van der Waals surface area contributed by atoms with Gasteiger partial charge < -0.3 is 20.7 Å². The van der Waals surface area contributed by atoms with Crippen LogP contribution in [0.25, 0.3) is 0 Å². The molecule has 1 aliphatic heterocycles. The molecule has 0 aromatic heterocycles. The summed E-state index contributed by atoms with van der Waals surface area (Å²) in [6.07, 6.45) is 3.99. The van der Waals surface area contributed by atoms with Crippen LogP contribution in [0, 0.1) is 23.6 Å². The quantitative estimate of drug-likeness (QED) is 0.475. The first kappa shape index (κ1) is 23.8. The molecule has 10 heteroatoms. The molecule has 0 spiro atoms. The largest absolute Gasteiger partial charge is 0.484 e. The first-order chi connectivity index (χ1) is 15.8. The van der Waals surface area contributed by atoms with Crippen molar-refractivity contribution in [2.24, 2.45) is 17.8 Å². The van der Waals surface area contributed by atoms with Gasteiger partial charge in [-0.2, -0.15) is 0 Å². The third-order valence-electron chi connectivity index (χ3n) is 6.95. The van der Waals surface area contributed by atoms with E-state index in [4.69, 9.17) is 16.3 Å². The van der Waals surface area contributed by atoms with E-state index in [9.17, 15) is 18.8 Å². The highest BCUT2D eigenvalue weighted by Gasteiger charge is 2.47. The fourth-order valence-corrected chi connectivity index (χ4v) is 5.21. The van der Waals surface area contributed by atoms with Crippen molar-refractivity contribution in [1.29, 1.82) is 0 Å². The molecular formula is C23H30ClFN4O4. The lowest BCUT2D eigenvalue weighted by Gasteiger charge is -2.51. The highest BCUT2D eigenvalue weighted by molar-refractivity contribution is 6.30. The zero-order valence-corrected chi connectivity index (χ0v) is 19.3. The summed E-state index contributed by atoms with van der Waals surface area (Å²) < 4.78 is 18.9. The van der Waals surface area contributed by atoms with Gasteiger partial charge in [0, 0.05) is 31.6 Å². The van der Waals surface area contributed by atoms with Crippen LogP contribution in [-0.2, 0) is 14.4 Å². The molecule has 0 radical (unpaired) electrons. The van der Waals surface area contributed by atoms with E-state index in [0.717, 1.165) is 18.9 Å². The number of carbonyl (C=O) groups is 3. The van der Waals surface area contributed by atoms with Crippen molar-refractivity contribution < 1.29 is 23.5 Å². The Morgan fingerprint density at radius 2 is 1.82 bits per heavy atom. The highest BCUT2D eigenvalue weighted by Crippen LogP contribution is 2.46. The van der Waals surface area contributed by atoms with Crippen LogP contribution in [0.1, 0.15) is 39.0 Å². The summed E-state index contributed by atoms with van der Waals surface area (Å²) in [4.78, 5) is 36.4. The van der Waals surface area contributed by atoms with Crippen LogP contribution < -0.4 is 26.0 Å². The number of hydrogen-bond donors (Lipinski definition) is 4. The zero-order chi connectivity index (χ0) is 23.5. The SMILES string of the molecule is CC(=O)NC1CCC(C(=O)NC2C[C@H](NC(=O)COc3ccc(Cl)c(F)c3)C3CC2C3)CN1. The second kappa shape index (κ2) is 10.3. The molecule has 8 nitrogen and oxygen atoms in total. The summed E-state index contributed by atoms with van der Waals surface area (Å²) in [5.41, 5.74) is 0. The predicted molar refractivity (Wildman–Crippen MR) is 120 cm³/mol. The minimum Gasteiger partial charge on any atom is -0.484 e. The number of hydrogen-bond acceptors (Lipinski definition) is 5. The Bertz CT molecular complexity index is 902. The van der Waals surface area contributed by atoms with Gasteiger partial charge >= 0.3 is 0 Å². The van der Waals surface area contributed by atoms with E-state index in [1.54, 1.807) is 0 Å². The van der Waals surface area contributed by atoms with Gasteiger partial charge in [-0.05, 0) is 56.1 Å².